The number of aliphatic hydroxyl groups is 1. The van der Waals surface area contributed by atoms with Gasteiger partial charge in [0.05, 0.1) is 0 Å². The first-order chi connectivity index (χ1) is 5.24. The van der Waals surface area contributed by atoms with Crippen LogP contribution in [0, 0.1) is 0 Å². The molecule has 3 nitrogen and oxygen atoms in total. The van der Waals surface area contributed by atoms with Gasteiger partial charge in [0, 0.05) is 6.04 Å². The van der Waals surface area contributed by atoms with E-state index in [1.165, 1.54) is 0 Å². The van der Waals surface area contributed by atoms with Crippen molar-refractivity contribution in [1.29, 1.82) is 0 Å². The molecule has 11 heavy (non-hydrogen) atoms. The van der Waals surface area contributed by atoms with Crippen molar-refractivity contribution in [2.75, 3.05) is 6.61 Å². The molecule has 0 aromatic carbocycles. The van der Waals surface area contributed by atoms with Gasteiger partial charge in [0.1, 0.15) is 6.61 Å². The van der Waals surface area contributed by atoms with Crippen LogP contribution >= 0.6 is 0 Å². The summed E-state index contributed by atoms with van der Waals surface area (Å²) < 4.78 is 0. The number of hydrogen-bond donors (Lipinski definition) is 2. The van der Waals surface area contributed by atoms with E-state index in [0.29, 0.717) is 0 Å². The monoisotopic (exact) mass is 159 g/mol. The molecule has 1 amide bonds. The lowest BCUT2D eigenvalue weighted by Gasteiger charge is -2.14. The number of hydrogen-bond acceptors (Lipinski definition) is 2. The molecule has 0 spiro atoms. The summed E-state index contributed by atoms with van der Waals surface area (Å²) >= 11 is 0. The summed E-state index contributed by atoms with van der Waals surface area (Å²) in [5.41, 5.74) is 0. The Labute approximate surface area is 67.8 Å². The number of amides is 1. The molecule has 0 bridgehead atoms. The Hall–Kier alpha value is -0.570. The van der Waals surface area contributed by atoms with E-state index in [0.717, 1.165) is 19.3 Å². The summed E-state index contributed by atoms with van der Waals surface area (Å²) in [6, 6.07) is 0.236. The molecule has 0 aliphatic rings. The second kappa shape index (κ2) is 6.16. The van der Waals surface area contributed by atoms with E-state index >= 15 is 0 Å². The van der Waals surface area contributed by atoms with Gasteiger partial charge in [-0.25, -0.2) is 0 Å². The molecule has 0 aromatic rings. The van der Waals surface area contributed by atoms with Crippen molar-refractivity contribution < 1.29 is 9.90 Å². The second-order valence-corrected chi connectivity index (χ2v) is 2.62. The zero-order chi connectivity index (χ0) is 8.69. The van der Waals surface area contributed by atoms with Gasteiger partial charge < -0.3 is 10.4 Å². The molecule has 1 unspecified atom stereocenters. The maximum absolute atomic E-state index is 10.7. The highest BCUT2D eigenvalue weighted by Crippen LogP contribution is 1.99. The standard InChI is InChI=1S/C8H17NO2/c1-3-5-7(4-2)9-8(11)6-10/h7,10H,3-6H2,1-2H3,(H,9,11). The van der Waals surface area contributed by atoms with Crippen molar-refractivity contribution in [3.05, 3.63) is 0 Å². The Kier molecular flexibility index (Phi) is 5.84. The van der Waals surface area contributed by atoms with E-state index in [9.17, 15) is 4.79 Å². The first-order valence-electron chi connectivity index (χ1n) is 4.14. The van der Waals surface area contributed by atoms with Crippen molar-refractivity contribution in [1.82, 2.24) is 5.32 Å². The zero-order valence-corrected chi connectivity index (χ0v) is 7.26. The summed E-state index contributed by atoms with van der Waals surface area (Å²) in [7, 11) is 0. The number of rotatable bonds is 5. The summed E-state index contributed by atoms with van der Waals surface area (Å²) in [5.74, 6) is -0.273. The Bertz CT molecular complexity index is 115. The fourth-order valence-electron chi connectivity index (χ4n) is 1.00. The maximum Gasteiger partial charge on any atom is 0.245 e. The largest absolute Gasteiger partial charge is 0.387 e. The highest BCUT2D eigenvalue weighted by atomic mass is 16.3. The molecule has 0 saturated heterocycles. The topological polar surface area (TPSA) is 49.3 Å². The van der Waals surface area contributed by atoms with Crippen LogP contribution in [0.25, 0.3) is 0 Å². The van der Waals surface area contributed by atoms with Crippen LogP contribution in [0.15, 0.2) is 0 Å². The average Bonchev–Trinajstić information content (AvgIpc) is 2.03. The fraction of sp³-hybridized carbons (Fsp3) is 0.875. The molecule has 3 heteroatoms. The molecular weight excluding hydrogens is 142 g/mol. The van der Waals surface area contributed by atoms with Gasteiger partial charge in [0.25, 0.3) is 0 Å². The predicted octanol–water partition coefficient (Wildman–Crippen LogP) is 0.674. The van der Waals surface area contributed by atoms with Gasteiger partial charge in [-0.1, -0.05) is 20.3 Å². The average molecular weight is 159 g/mol. The lowest BCUT2D eigenvalue weighted by Crippen LogP contribution is -2.35. The molecule has 0 radical (unpaired) electrons. The van der Waals surface area contributed by atoms with Gasteiger partial charge in [-0.15, -0.1) is 0 Å². The molecule has 0 aromatic heterocycles. The quantitative estimate of drug-likeness (QED) is 0.619. The van der Waals surface area contributed by atoms with Crippen LogP contribution in [0.2, 0.25) is 0 Å². The lowest BCUT2D eigenvalue weighted by molar-refractivity contribution is -0.124. The minimum atomic E-state index is -0.403. The van der Waals surface area contributed by atoms with Gasteiger partial charge >= 0.3 is 0 Å². The highest BCUT2D eigenvalue weighted by Gasteiger charge is 2.06. The third kappa shape index (κ3) is 4.79. The highest BCUT2D eigenvalue weighted by molar-refractivity contribution is 5.77. The summed E-state index contributed by atoms with van der Waals surface area (Å²) in [4.78, 5) is 10.7. The van der Waals surface area contributed by atoms with E-state index in [-0.39, 0.29) is 11.9 Å². The van der Waals surface area contributed by atoms with Gasteiger partial charge in [0.2, 0.25) is 5.91 Å². The number of carbonyl (C=O) groups excluding carboxylic acids is 1. The molecular formula is C8H17NO2. The Morgan fingerprint density at radius 2 is 2.18 bits per heavy atom. The van der Waals surface area contributed by atoms with Crippen LogP contribution in [0.1, 0.15) is 33.1 Å². The summed E-state index contributed by atoms with van der Waals surface area (Å²) in [5, 5.41) is 11.2. The first kappa shape index (κ1) is 10.4. The molecule has 0 aliphatic heterocycles. The van der Waals surface area contributed by atoms with Crippen molar-refractivity contribution >= 4 is 5.91 Å². The Morgan fingerprint density at radius 3 is 2.55 bits per heavy atom. The van der Waals surface area contributed by atoms with Crippen molar-refractivity contribution in [3.63, 3.8) is 0 Å². The molecule has 1 atom stereocenters. The molecule has 0 aliphatic carbocycles. The fourth-order valence-corrected chi connectivity index (χ4v) is 1.00. The first-order valence-corrected chi connectivity index (χ1v) is 4.14. The van der Waals surface area contributed by atoms with Crippen molar-refractivity contribution in [2.24, 2.45) is 0 Å². The maximum atomic E-state index is 10.7. The molecule has 0 saturated carbocycles. The molecule has 0 fully saturated rings. The van der Waals surface area contributed by atoms with Crippen LogP contribution in [0.4, 0.5) is 0 Å². The number of carbonyl (C=O) groups is 1. The normalized spacial score (nSPS) is 12.6. The zero-order valence-electron chi connectivity index (χ0n) is 7.26. The minimum Gasteiger partial charge on any atom is -0.387 e. The van der Waals surface area contributed by atoms with E-state index in [2.05, 4.69) is 12.2 Å². The smallest absolute Gasteiger partial charge is 0.245 e. The Morgan fingerprint density at radius 1 is 1.55 bits per heavy atom. The van der Waals surface area contributed by atoms with Gasteiger partial charge in [-0.2, -0.15) is 0 Å². The minimum absolute atomic E-state index is 0.236. The van der Waals surface area contributed by atoms with E-state index < -0.39 is 6.61 Å². The van der Waals surface area contributed by atoms with E-state index in [1.807, 2.05) is 6.92 Å². The van der Waals surface area contributed by atoms with Gasteiger partial charge in [-0.05, 0) is 12.8 Å². The summed E-state index contributed by atoms with van der Waals surface area (Å²) in [6.07, 6.45) is 2.98. The van der Waals surface area contributed by atoms with Gasteiger partial charge in [0.15, 0.2) is 0 Å². The third-order valence-electron chi connectivity index (χ3n) is 1.64. The van der Waals surface area contributed by atoms with Crippen LogP contribution < -0.4 is 5.32 Å². The predicted molar refractivity (Wildman–Crippen MR) is 44.2 cm³/mol. The number of nitrogens with one attached hydrogen (secondary N) is 1. The summed E-state index contributed by atoms with van der Waals surface area (Å²) in [6.45, 7) is 3.70. The lowest BCUT2D eigenvalue weighted by atomic mass is 10.1. The van der Waals surface area contributed by atoms with Crippen LogP contribution in [-0.4, -0.2) is 23.7 Å². The van der Waals surface area contributed by atoms with Crippen LogP contribution in [0.5, 0.6) is 0 Å². The molecule has 0 heterocycles. The third-order valence-corrected chi connectivity index (χ3v) is 1.64. The van der Waals surface area contributed by atoms with Crippen molar-refractivity contribution in [3.8, 4) is 0 Å². The second-order valence-electron chi connectivity index (χ2n) is 2.62. The van der Waals surface area contributed by atoms with E-state index in [1.54, 1.807) is 0 Å². The number of aliphatic hydroxyl groups excluding tert-OH is 1. The molecule has 0 rings (SSSR count). The van der Waals surface area contributed by atoms with Gasteiger partial charge in [-0.3, -0.25) is 4.79 Å². The van der Waals surface area contributed by atoms with E-state index in [4.69, 9.17) is 5.11 Å². The van der Waals surface area contributed by atoms with Crippen LogP contribution in [0.3, 0.4) is 0 Å². The molecule has 2 N–H and O–H groups in total. The SMILES string of the molecule is CCCC(CC)NC(=O)CO. The molecule has 66 valence electrons. The van der Waals surface area contributed by atoms with Crippen molar-refractivity contribution in [2.45, 2.75) is 39.2 Å². The van der Waals surface area contributed by atoms with Crippen LogP contribution in [-0.2, 0) is 4.79 Å². The Balaban J connectivity index is 3.58.